The summed E-state index contributed by atoms with van der Waals surface area (Å²) in [6.45, 7) is 17.4. The number of aromatic hydroxyl groups is 2. The number of benzene rings is 1. The van der Waals surface area contributed by atoms with Gasteiger partial charge in [-0.25, -0.2) is 0 Å². The van der Waals surface area contributed by atoms with Gasteiger partial charge in [0.05, 0.1) is 18.1 Å². The van der Waals surface area contributed by atoms with E-state index in [1.54, 1.807) is 17.7 Å². The van der Waals surface area contributed by atoms with Gasteiger partial charge >= 0.3 is 5.97 Å². The lowest BCUT2D eigenvalue weighted by molar-refractivity contribution is -0.207. The first kappa shape index (κ1) is 31.0. The van der Waals surface area contributed by atoms with Crippen LogP contribution in [0.1, 0.15) is 112 Å². The largest absolute Gasteiger partial charge is 0.504 e. The van der Waals surface area contributed by atoms with Crippen molar-refractivity contribution in [2.45, 2.75) is 119 Å². The molecule has 5 aliphatic rings. The third kappa shape index (κ3) is 4.29. The Kier molecular flexibility index (Phi) is 7.39. The Balaban J connectivity index is 1.31. The Morgan fingerprint density at radius 3 is 2.37 bits per heavy atom. The average molecular weight is 593 g/mol. The SMILES string of the molecule is C[C@@H]1[C@H]2C3=CC[C@H]4[C@]5(C)CC[C@H](O)C(C)(C)[C@H]5CC[C@]4(C)[C@]3(C)CC[C@@]2(C(=O)OCCc2ccc(O)c(O)c2)CC[C@@H]1C. The van der Waals surface area contributed by atoms with E-state index in [1.807, 2.05) is 0 Å². The van der Waals surface area contributed by atoms with Gasteiger partial charge in [0, 0.05) is 6.42 Å². The highest BCUT2D eigenvalue weighted by Gasteiger charge is 2.69. The van der Waals surface area contributed by atoms with Crippen molar-refractivity contribution in [1.82, 2.24) is 0 Å². The summed E-state index contributed by atoms with van der Waals surface area (Å²) in [5.41, 5.74) is 2.28. The number of carbonyl (C=O) groups excluding carboxylic acids is 1. The summed E-state index contributed by atoms with van der Waals surface area (Å²) in [6, 6.07) is 4.81. The standard InChI is InChI=1S/C38H56O5/c1-23-12-18-38(33(42)43-21-15-25-8-10-27(39)28(40)22-25)20-19-36(6)26(32(38)24(23)2)9-11-30-35(5)16-14-31(41)34(3,4)29(35)13-17-37(30,36)7/h8-10,22-24,29-32,39-41H,11-21H2,1-7H3/t23-,24-,29+,30-,31-,32-,35+,36+,37-,38-/m0/s1. The lowest BCUT2D eigenvalue weighted by atomic mass is 9.33. The monoisotopic (exact) mass is 592 g/mol. The first-order valence-electron chi connectivity index (χ1n) is 17.2. The maximum atomic E-state index is 14.2. The number of aliphatic hydroxyl groups is 1. The molecule has 10 atom stereocenters. The Morgan fingerprint density at radius 2 is 1.65 bits per heavy atom. The number of allylic oxidation sites excluding steroid dienone is 2. The van der Waals surface area contributed by atoms with E-state index in [4.69, 9.17) is 4.74 Å². The number of rotatable bonds is 4. The van der Waals surface area contributed by atoms with E-state index in [1.165, 1.54) is 18.9 Å². The molecule has 5 nitrogen and oxygen atoms in total. The molecular formula is C38H56O5. The van der Waals surface area contributed by atoms with Crippen molar-refractivity contribution in [2.75, 3.05) is 6.61 Å². The molecule has 6 rings (SSSR count). The molecule has 0 radical (unpaired) electrons. The predicted molar refractivity (Wildman–Crippen MR) is 169 cm³/mol. The maximum absolute atomic E-state index is 14.2. The van der Waals surface area contributed by atoms with Crippen LogP contribution >= 0.6 is 0 Å². The number of phenols is 2. The minimum atomic E-state index is -0.477. The number of hydrogen-bond donors (Lipinski definition) is 3. The van der Waals surface area contributed by atoms with Gasteiger partial charge in [0.1, 0.15) is 0 Å². The van der Waals surface area contributed by atoms with Crippen LogP contribution in [0.25, 0.3) is 0 Å². The number of carbonyl (C=O) groups is 1. The molecule has 1 aromatic carbocycles. The fourth-order valence-corrected chi connectivity index (χ4v) is 12.0. The molecule has 0 aliphatic heterocycles. The van der Waals surface area contributed by atoms with E-state index < -0.39 is 5.41 Å². The van der Waals surface area contributed by atoms with Gasteiger partial charge in [-0.1, -0.05) is 66.2 Å². The van der Waals surface area contributed by atoms with Crippen LogP contribution in [-0.4, -0.2) is 34.0 Å². The molecule has 5 aliphatic carbocycles. The van der Waals surface area contributed by atoms with E-state index in [-0.39, 0.29) is 57.8 Å². The summed E-state index contributed by atoms with van der Waals surface area (Å²) in [7, 11) is 0. The number of aliphatic hydroxyl groups excluding tert-OH is 1. The van der Waals surface area contributed by atoms with Gasteiger partial charge in [-0.3, -0.25) is 4.79 Å². The first-order chi connectivity index (χ1) is 20.1. The van der Waals surface area contributed by atoms with Crippen molar-refractivity contribution in [2.24, 2.45) is 56.7 Å². The van der Waals surface area contributed by atoms with Crippen molar-refractivity contribution in [3.8, 4) is 11.5 Å². The van der Waals surface area contributed by atoms with E-state index >= 15 is 0 Å². The molecule has 0 unspecified atom stereocenters. The van der Waals surface area contributed by atoms with Gasteiger partial charge < -0.3 is 20.1 Å². The zero-order chi connectivity index (χ0) is 31.2. The normalized spacial score (nSPS) is 45.1. The first-order valence-corrected chi connectivity index (χ1v) is 17.2. The van der Waals surface area contributed by atoms with Crippen LogP contribution in [0.2, 0.25) is 0 Å². The maximum Gasteiger partial charge on any atom is 0.312 e. The van der Waals surface area contributed by atoms with Gasteiger partial charge in [-0.15, -0.1) is 0 Å². The topological polar surface area (TPSA) is 87.0 Å². The molecule has 3 N–H and O–H groups in total. The van der Waals surface area contributed by atoms with Gasteiger partial charge in [0.25, 0.3) is 0 Å². The number of hydrogen-bond acceptors (Lipinski definition) is 5. The number of ether oxygens (including phenoxy) is 1. The highest BCUT2D eigenvalue weighted by atomic mass is 16.5. The third-order valence-corrected chi connectivity index (χ3v) is 15.0. The minimum Gasteiger partial charge on any atom is -0.504 e. The second kappa shape index (κ2) is 10.3. The molecule has 0 amide bonds. The molecule has 4 saturated carbocycles. The zero-order valence-corrected chi connectivity index (χ0v) is 27.7. The van der Waals surface area contributed by atoms with Crippen LogP contribution in [0.5, 0.6) is 11.5 Å². The van der Waals surface area contributed by atoms with Crippen molar-refractivity contribution in [3.05, 3.63) is 35.4 Å². The van der Waals surface area contributed by atoms with E-state index in [2.05, 4.69) is 54.5 Å². The minimum absolute atomic E-state index is 0.0341. The molecule has 43 heavy (non-hydrogen) atoms. The summed E-state index contributed by atoms with van der Waals surface area (Å²) >= 11 is 0. The van der Waals surface area contributed by atoms with Crippen molar-refractivity contribution in [3.63, 3.8) is 0 Å². The summed E-state index contributed by atoms with van der Waals surface area (Å²) in [6.07, 6.45) is 12.2. The average Bonchev–Trinajstić information content (AvgIpc) is 2.95. The van der Waals surface area contributed by atoms with Crippen LogP contribution in [0.3, 0.4) is 0 Å². The number of esters is 1. The Bertz CT molecular complexity index is 1300. The molecule has 0 spiro atoms. The van der Waals surface area contributed by atoms with Crippen LogP contribution in [0, 0.1) is 56.7 Å². The molecule has 0 aromatic heterocycles. The van der Waals surface area contributed by atoms with Crippen LogP contribution in [-0.2, 0) is 16.0 Å². The molecule has 1 aromatic rings. The summed E-state index contributed by atoms with van der Waals surface area (Å²) in [5, 5.41) is 30.6. The Labute approximate surface area is 259 Å². The number of phenolic OH excluding ortho intramolecular Hbond substituents is 2. The number of fused-ring (bicyclic) bond motifs is 7. The van der Waals surface area contributed by atoms with Gasteiger partial charge in [-0.05, 0) is 127 Å². The van der Waals surface area contributed by atoms with Gasteiger partial charge in [-0.2, -0.15) is 0 Å². The van der Waals surface area contributed by atoms with Crippen LogP contribution in [0.4, 0.5) is 0 Å². The van der Waals surface area contributed by atoms with Crippen molar-refractivity contribution < 1.29 is 24.9 Å². The molecule has 0 bridgehead atoms. The Morgan fingerprint density at radius 1 is 0.907 bits per heavy atom. The second-order valence-electron chi connectivity index (χ2n) is 16.9. The third-order valence-electron chi connectivity index (χ3n) is 15.0. The van der Waals surface area contributed by atoms with Crippen molar-refractivity contribution >= 4 is 5.97 Å². The highest BCUT2D eigenvalue weighted by molar-refractivity contribution is 5.79. The molecular weight excluding hydrogens is 536 g/mol. The lowest BCUT2D eigenvalue weighted by Crippen LogP contribution is -2.65. The van der Waals surface area contributed by atoms with Gasteiger partial charge in [0.2, 0.25) is 0 Å². The van der Waals surface area contributed by atoms with E-state index in [9.17, 15) is 20.1 Å². The molecule has 4 fully saturated rings. The fourth-order valence-electron chi connectivity index (χ4n) is 12.0. The van der Waals surface area contributed by atoms with Crippen LogP contribution in [0.15, 0.2) is 29.8 Å². The Hall–Kier alpha value is -2.01. The van der Waals surface area contributed by atoms with E-state index in [0.717, 1.165) is 50.5 Å². The highest BCUT2D eigenvalue weighted by Crippen LogP contribution is 2.75. The second-order valence-corrected chi connectivity index (χ2v) is 16.9. The molecule has 5 heteroatoms. The predicted octanol–water partition coefficient (Wildman–Crippen LogP) is 8.20. The zero-order valence-electron chi connectivity index (χ0n) is 27.7. The fraction of sp³-hybridized carbons (Fsp3) is 0.763. The van der Waals surface area contributed by atoms with Crippen molar-refractivity contribution in [1.29, 1.82) is 0 Å². The smallest absolute Gasteiger partial charge is 0.312 e. The summed E-state index contributed by atoms with van der Waals surface area (Å²) < 4.78 is 6.13. The van der Waals surface area contributed by atoms with E-state index in [0.29, 0.717) is 30.1 Å². The molecule has 0 saturated heterocycles. The summed E-state index contributed by atoms with van der Waals surface area (Å²) in [5.74, 6) is 1.98. The van der Waals surface area contributed by atoms with Crippen LogP contribution < -0.4 is 0 Å². The molecule has 0 heterocycles. The molecule has 238 valence electrons. The van der Waals surface area contributed by atoms with Gasteiger partial charge in [0.15, 0.2) is 11.5 Å². The summed E-state index contributed by atoms with van der Waals surface area (Å²) in [4.78, 5) is 14.2. The lowest BCUT2D eigenvalue weighted by Gasteiger charge is -2.71. The quantitative estimate of drug-likeness (QED) is 0.186.